The predicted molar refractivity (Wildman–Crippen MR) is 76.4 cm³/mol. The quantitative estimate of drug-likeness (QED) is 0.592. The summed E-state index contributed by atoms with van der Waals surface area (Å²) in [7, 11) is 0. The van der Waals surface area contributed by atoms with Crippen LogP contribution < -0.4 is 10.6 Å². The van der Waals surface area contributed by atoms with Crippen LogP contribution in [0.5, 0.6) is 0 Å². The smallest absolute Gasteiger partial charge is 0.322 e. The molecule has 1 unspecified atom stereocenters. The van der Waals surface area contributed by atoms with Gasteiger partial charge in [-0.05, 0) is 25.2 Å². The predicted octanol–water partition coefficient (Wildman–Crippen LogP) is 1.16. The minimum atomic E-state index is -0.879. The van der Waals surface area contributed by atoms with Crippen LogP contribution >= 0.6 is 0 Å². The van der Waals surface area contributed by atoms with E-state index in [1.165, 1.54) is 25.7 Å². The van der Waals surface area contributed by atoms with E-state index in [1.54, 1.807) is 4.90 Å². The molecule has 1 saturated carbocycles. The molecule has 1 spiro atoms. The first-order valence-corrected chi connectivity index (χ1v) is 8.00. The lowest BCUT2D eigenvalue weighted by molar-refractivity contribution is -0.131. The fraction of sp³-hybridized carbons (Fsp3) is 0.800. The zero-order chi connectivity index (χ0) is 14.9. The number of imide groups is 1. The van der Waals surface area contributed by atoms with Crippen molar-refractivity contribution in [1.29, 1.82) is 0 Å². The maximum absolute atomic E-state index is 12.4. The molecule has 21 heavy (non-hydrogen) atoms. The Morgan fingerprint density at radius 1 is 1.19 bits per heavy atom. The van der Waals surface area contributed by atoms with Crippen molar-refractivity contribution < 1.29 is 14.4 Å². The van der Waals surface area contributed by atoms with Crippen LogP contribution in [-0.4, -0.2) is 41.4 Å². The zero-order valence-corrected chi connectivity index (χ0v) is 12.3. The van der Waals surface area contributed by atoms with Gasteiger partial charge in [0.05, 0.1) is 6.54 Å². The highest BCUT2D eigenvalue weighted by atomic mass is 16.2. The van der Waals surface area contributed by atoms with Gasteiger partial charge in [0.2, 0.25) is 5.91 Å². The van der Waals surface area contributed by atoms with Crippen LogP contribution in [0.1, 0.15) is 51.4 Å². The Hall–Kier alpha value is -1.59. The van der Waals surface area contributed by atoms with Crippen LogP contribution in [0.4, 0.5) is 4.79 Å². The number of carbonyl (C=O) groups excluding carboxylic acids is 3. The molecule has 2 N–H and O–H groups in total. The van der Waals surface area contributed by atoms with Crippen LogP contribution in [0, 0.1) is 5.92 Å². The molecule has 0 aromatic rings. The zero-order valence-electron chi connectivity index (χ0n) is 12.3. The average molecular weight is 293 g/mol. The molecular formula is C15H23N3O3. The maximum Gasteiger partial charge on any atom is 0.322 e. The summed E-state index contributed by atoms with van der Waals surface area (Å²) in [6.07, 6.45) is 8.39. The summed E-state index contributed by atoms with van der Waals surface area (Å²) < 4.78 is 0. The lowest BCUT2D eigenvalue weighted by Crippen LogP contribution is -2.49. The number of hydrogen-bond donors (Lipinski definition) is 2. The van der Waals surface area contributed by atoms with Crippen LogP contribution in [0.25, 0.3) is 0 Å². The van der Waals surface area contributed by atoms with Crippen molar-refractivity contribution in [1.82, 2.24) is 15.5 Å². The summed E-state index contributed by atoms with van der Waals surface area (Å²) in [6, 6.07) is -0.446. The number of nitrogens with zero attached hydrogens (tertiary/aromatic N) is 1. The normalized spacial score (nSPS) is 30.4. The van der Waals surface area contributed by atoms with Crippen LogP contribution in [-0.2, 0) is 9.59 Å². The minimum Gasteiger partial charge on any atom is -0.340 e. The minimum absolute atomic E-state index is 0.132. The molecule has 6 heteroatoms. The van der Waals surface area contributed by atoms with Gasteiger partial charge in [-0.3, -0.25) is 14.9 Å². The van der Waals surface area contributed by atoms with Crippen molar-refractivity contribution in [2.75, 3.05) is 13.1 Å². The van der Waals surface area contributed by atoms with Crippen molar-refractivity contribution in [3.63, 3.8) is 0 Å². The molecule has 3 fully saturated rings. The monoisotopic (exact) mass is 293 g/mol. The fourth-order valence-electron chi connectivity index (χ4n) is 3.78. The molecule has 3 rings (SSSR count). The number of nitrogens with one attached hydrogen (secondary N) is 2. The molecule has 1 atom stereocenters. The van der Waals surface area contributed by atoms with Gasteiger partial charge in [-0.15, -0.1) is 0 Å². The fourth-order valence-corrected chi connectivity index (χ4v) is 3.78. The number of amides is 4. The Balaban J connectivity index is 1.57. The Bertz CT molecular complexity index is 457. The molecule has 116 valence electrons. The molecule has 2 saturated heterocycles. The highest BCUT2D eigenvalue weighted by Crippen LogP contribution is 2.29. The maximum atomic E-state index is 12.4. The Labute approximate surface area is 124 Å². The van der Waals surface area contributed by atoms with Crippen molar-refractivity contribution >= 4 is 17.8 Å². The summed E-state index contributed by atoms with van der Waals surface area (Å²) in [5.74, 6) is 0.327. The first kappa shape index (κ1) is 14.4. The summed E-state index contributed by atoms with van der Waals surface area (Å²) in [5.41, 5.74) is -0.879. The summed E-state index contributed by atoms with van der Waals surface area (Å²) in [5, 5.41) is 4.96. The molecule has 6 nitrogen and oxygen atoms in total. The van der Waals surface area contributed by atoms with Gasteiger partial charge in [0.1, 0.15) is 5.54 Å². The van der Waals surface area contributed by atoms with E-state index in [4.69, 9.17) is 0 Å². The van der Waals surface area contributed by atoms with Gasteiger partial charge in [-0.1, -0.05) is 25.7 Å². The van der Waals surface area contributed by atoms with E-state index in [0.29, 0.717) is 31.8 Å². The second kappa shape index (κ2) is 5.66. The van der Waals surface area contributed by atoms with E-state index < -0.39 is 11.6 Å². The topological polar surface area (TPSA) is 78.5 Å². The third-order valence-corrected chi connectivity index (χ3v) is 5.07. The van der Waals surface area contributed by atoms with Crippen LogP contribution in [0.2, 0.25) is 0 Å². The third kappa shape index (κ3) is 2.89. The molecule has 0 aromatic carbocycles. The lowest BCUT2D eigenvalue weighted by Gasteiger charge is -2.23. The number of urea groups is 1. The van der Waals surface area contributed by atoms with Gasteiger partial charge in [0.25, 0.3) is 5.91 Å². The summed E-state index contributed by atoms with van der Waals surface area (Å²) in [6.45, 7) is 0.870. The lowest BCUT2D eigenvalue weighted by atomic mass is 9.96. The van der Waals surface area contributed by atoms with Gasteiger partial charge in [-0.2, -0.15) is 0 Å². The van der Waals surface area contributed by atoms with E-state index in [-0.39, 0.29) is 11.8 Å². The van der Waals surface area contributed by atoms with Crippen LogP contribution in [0.15, 0.2) is 0 Å². The highest BCUT2D eigenvalue weighted by molar-refractivity contribution is 6.07. The van der Waals surface area contributed by atoms with E-state index in [9.17, 15) is 14.4 Å². The number of rotatable bonds is 2. The largest absolute Gasteiger partial charge is 0.340 e. The standard InChI is InChI=1S/C15H23N3O3/c19-12(9-11-5-3-1-2-4-6-11)18-8-7-15(10-18)13(20)16-14(21)17-15/h11H,1-10H2,(H2,16,17,20,21). The second-order valence-corrected chi connectivity index (χ2v) is 6.62. The Kier molecular flexibility index (Phi) is 3.87. The first-order chi connectivity index (χ1) is 10.1. The van der Waals surface area contributed by atoms with E-state index in [1.807, 2.05) is 0 Å². The summed E-state index contributed by atoms with van der Waals surface area (Å²) in [4.78, 5) is 37.4. The first-order valence-electron chi connectivity index (χ1n) is 8.00. The molecule has 1 aliphatic carbocycles. The van der Waals surface area contributed by atoms with Crippen molar-refractivity contribution in [3.05, 3.63) is 0 Å². The number of carbonyl (C=O) groups is 3. The van der Waals surface area contributed by atoms with Gasteiger partial charge >= 0.3 is 6.03 Å². The Morgan fingerprint density at radius 2 is 1.90 bits per heavy atom. The van der Waals surface area contributed by atoms with Gasteiger partial charge in [-0.25, -0.2) is 4.79 Å². The van der Waals surface area contributed by atoms with Gasteiger partial charge in [0, 0.05) is 13.0 Å². The average Bonchev–Trinajstić information content (AvgIpc) is 2.86. The van der Waals surface area contributed by atoms with Gasteiger partial charge in [0.15, 0.2) is 0 Å². The highest BCUT2D eigenvalue weighted by Gasteiger charge is 2.51. The number of likely N-dealkylation sites (tertiary alicyclic amines) is 1. The Morgan fingerprint density at radius 3 is 2.52 bits per heavy atom. The van der Waals surface area contributed by atoms with E-state index in [2.05, 4.69) is 10.6 Å². The van der Waals surface area contributed by atoms with Crippen molar-refractivity contribution in [2.24, 2.45) is 5.92 Å². The SMILES string of the molecule is O=C1NC(=O)C2(CCN(C(=O)CC3CCCCCC3)C2)N1. The van der Waals surface area contributed by atoms with E-state index in [0.717, 1.165) is 12.8 Å². The number of hydrogen-bond acceptors (Lipinski definition) is 3. The van der Waals surface area contributed by atoms with Crippen molar-refractivity contribution in [2.45, 2.75) is 56.9 Å². The second-order valence-electron chi connectivity index (χ2n) is 6.62. The summed E-state index contributed by atoms with van der Waals surface area (Å²) >= 11 is 0. The molecule has 0 radical (unpaired) electrons. The third-order valence-electron chi connectivity index (χ3n) is 5.07. The molecule has 3 aliphatic rings. The molecule has 2 heterocycles. The molecular weight excluding hydrogens is 270 g/mol. The molecule has 0 aromatic heterocycles. The molecule has 0 bridgehead atoms. The van der Waals surface area contributed by atoms with Gasteiger partial charge < -0.3 is 10.2 Å². The van der Waals surface area contributed by atoms with Crippen LogP contribution in [0.3, 0.4) is 0 Å². The van der Waals surface area contributed by atoms with E-state index >= 15 is 0 Å². The van der Waals surface area contributed by atoms with Crippen molar-refractivity contribution in [3.8, 4) is 0 Å². The molecule has 2 aliphatic heterocycles. The molecule has 4 amide bonds.